The number of carbonyl (C=O) groups excluding carboxylic acids is 4. The van der Waals surface area contributed by atoms with Crippen molar-refractivity contribution in [1.82, 2.24) is 20.5 Å². The molecule has 0 aromatic carbocycles. The van der Waals surface area contributed by atoms with Gasteiger partial charge in [-0.1, -0.05) is 45.9 Å². The number of ether oxygens (including phenoxy) is 5. The van der Waals surface area contributed by atoms with Crippen LogP contribution in [0.1, 0.15) is 80.2 Å². The normalized spacial score (nSPS) is 37.8. The molecule has 0 saturated carbocycles. The van der Waals surface area contributed by atoms with Crippen LogP contribution in [-0.4, -0.2) is 118 Å². The zero-order valence-electron chi connectivity index (χ0n) is 33.4. The molecular weight excluding hydrogens is 796 g/mol. The van der Waals surface area contributed by atoms with E-state index >= 15 is 0 Å². The summed E-state index contributed by atoms with van der Waals surface area (Å²) in [5, 5.41) is 17.4. The number of likely N-dealkylation sites (N-methyl/N-ethyl adjacent to an activating group) is 1. The number of carbonyl (C=O) groups is 4. The van der Waals surface area contributed by atoms with Crippen LogP contribution >= 0.6 is 28.1 Å². The highest BCUT2D eigenvalue weighted by atomic mass is 79.9. The maximum atomic E-state index is 14.4. The Morgan fingerprint density at radius 1 is 1.15 bits per heavy atom. The highest BCUT2D eigenvalue weighted by Gasteiger charge is 2.57. The fraction of sp³-hybridized carbons (Fsp3) is 0.692. The van der Waals surface area contributed by atoms with Gasteiger partial charge in [-0.15, -0.1) is 0 Å². The number of nitrogens with one attached hydrogen (secondary N) is 2. The van der Waals surface area contributed by atoms with Crippen LogP contribution in [0.15, 0.2) is 29.0 Å². The molecule has 3 aliphatic rings. The molecule has 0 aliphatic carbocycles. The quantitative estimate of drug-likeness (QED) is 0.143. The van der Waals surface area contributed by atoms with Gasteiger partial charge in [-0.3, -0.25) is 14.4 Å². The van der Waals surface area contributed by atoms with Gasteiger partial charge in [-0.05, 0) is 101 Å². The lowest BCUT2D eigenvalue weighted by Gasteiger charge is -2.47. The molecule has 1 amide bonds. The highest BCUT2D eigenvalue weighted by Crippen LogP contribution is 2.40. The number of hydrogen-bond acceptors (Lipinski definition) is 13. The number of nitrogens with zero attached hydrogens (tertiary/aromatic N) is 2. The molecule has 1 unspecified atom stereocenters. The van der Waals surface area contributed by atoms with E-state index in [1.165, 1.54) is 6.92 Å². The fourth-order valence-electron chi connectivity index (χ4n) is 8.16. The van der Waals surface area contributed by atoms with E-state index < -0.39 is 83.4 Å². The van der Waals surface area contributed by atoms with Gasteiger partial charge in [0.15, 0.2) is 17.7 Å². The van der Waals surface area contributed by atoms with Crippen molar-refractivity contribution in [3.63, 3.8) is 0 Å². The summed E-state index contributed by atoms with van der Waals surface area (Å²) in [5.74, 6) is -5.44. The first-order valence-corrected chi connectivity index (χ1v) is 20.1. The van der Waals surface area contributed by atoms with Crippen molar-refractivity contribution in [3.05, 3.63) is 34.6 Å². The number of alkyl carbamates (subject to hydrolysis) is 1. The first-order chi connectivity index (χ1) is 25.7. The van der Waals surface area contributed by atoms with Crippen LogP contribution in [0.3, 0.4) is 0 Å². The Balaban J connectivity index is 1.77. The molecule has 4 heterocycles. The van der Waals surface area contributed by atoms with Crippen LogP contribution in [0.5, 0.6) is 0 Å². The Morgan fingerprint density at radius 3 is 2.45 bits per heavy atom. The van der Waals surface area contributed by atoms with E-state index in [2.05, 4.69) is 31.5 Å². The fourth-order valence-corrected chi connectivity index (χ4v) is 8.70. The van der Waals surface area contributed by atoms with Crippen molar-refractivity contribution in [3.8, 4) is 0 Å². The average Bonchev–Trinajstić information content (AvgIpc) is 3.44. The third-order valence-corrected chi connectivity index (χ3v) is 11.9. The molecule has 3 N–H and O–H groups in total. The average molecular weight is 854 g/mol. The number of aromatic nitrogens is 1. The van der Waals surface area contributed by atoms with Gasteiger partial charge in [0.05, 0.1) is 12.1 Å². The number of fused-ring (bicyclic) bond motifs is 1. The lowest BCUT2D eigenvalue weighted by atomic mass is 9.73. The second kappa shape index (κ2) is 18.5. The van der Waals surface area contributed by atoms with Crippen LogP contribution in [0.4, 0.5) is 4.79 Å². The molecule has 306 valence electrons. The van der Waals surface area contributed by atoms with E-state index in [-0.39, 0.29) is 36.1 Å². The molecule has 0 radical (unpaired) electrons. The predicted octanol–water partition coefficient (Wildman–Crippen LogP) is 4.59. The number of halogens is 1. The summed E-state index contributed by atoms with van der Waals surface area (Å²) in [4.78, 5) is 62.4. The molecule has 3 aliphatic heterocycles. The first-order valence-electron chi connectivity index (χ1n) is 18.9. The van der Waals surface area contributed by atoms with Gasteiger partial charge < -0.3 is 44.3 Å². The molecule has 4 rings (SSSR count). The molecule has 3 saturated heterocycles. The molecule has 13 atom stereocenters. The number of aliphatic hydroxyl groups excluding tert-OH is 1. The van der Waals surface area contributed by atoms with Crippen LogP contribution in [0, 0.1) is 23.7 Å². The Kier molecular flexibility index (Phi) is 15.0. The summed E-state index contributed by atoms with van der Waals surface area (Å²) >= 11 is 8.71. The summed E-state index contributed by atoms with van der Waals surface area (Å²) in [7, 11) is 3.67. The topological polar surface area (TPSA) is 175 Å². The van der Waals surface area contributed by atoms with Crippen LogP contribution in [0.2, 0.25) is 0 Å². The number of esters is 1. The maximum absolute atomic E-state index is 14.4. The molecule has 16 heteroatoms. The van der Waals surface area contributed by atoms with Crippen LogP contribution in [-0.2, 0) is 38.1 Å². The minimum Gasteiger partial charge on any atom is -0.459 e. The Morgan fingerprint density at radius 2 is 1.84 bits per heavy atom. The number of aliphatic hydroxyl groups is 1. The van der Waals surface area contributed by atoms with Gasteiger partial charge in [0.25, 0.3) is 5.17 Å². The van der Waals surface area contributed by atoms with Crippen molar-refractivity contribution >= 4 is 63.0 Å². The van der Waals surface area contributed by atoms with E-state index in [0.717, 1.165) is 5.56 Å². The van der Waals surface area contributed by atoms with Gasteiger partial charge in [0, 0.05) is 36.5 Å². The third kappa shape index (κ3) is 10.3. The summed E-state index contributed by atoms with van der Waals surface area (Å²) in [6.07, 6.45) is 0.177. The highest BCUT2D eigenvalue weighted by molar-refractivity contribution is 9.10. The number of Topliss-reactive ketones (excluding diaryl/α,β-unsaturated/α-hetero) is 2. The van der Waals surface area contributed by atoms with Crippen LogP contribution in [0.25, 0.3) is 6.08 Å². The second-order valence-corrected chi connectivity index (χ2v) is 17.0. The molecule has 1 aromatic heterocycles. The molecular formula is C39H57BrN4O10S. The van der Waals surface area contributed by atoms with Crippen LogP contribution < -0.4 is 10.6 Å². The van der Waals surface area contributed by atoms with Crippen molar-refractivity contribution in [1.29, 1.82) is 0 Å². The van der Waals surface area contributed by atoms with Gasteiger partial charge in [0.2, 0.25) is 0 Å². The van der Waals surface area contributed by atoms with Gasteiger partial charge >= 0.3 is 12.1 Å². The first kappa shape index (κ1) is 44.7. The van der Waals surface area contributed by atoms with E-state index in [1.54, 1.807) is 59.0 Å². The van der Waals surface area contributed by atoms with Crippen molar-refractivity contribution < 1.29 is 48.0 Å². The molecule has 1 aromatic rings. The lowest BCUT2D eigenvalue weighted by Crippen LogP contribution is -2.60. The van der Waals surface area contributed by atoms with Crippen molar-refractivity contribution in [2.75, 3.05) is 20.6 Å². The van der Waals surface area contributed by atoms with E-state index in [0.29, 0.717) is 17.4 Å². The summed E-state index contributed by atoms with van der Waals surface area (Å²) in [6.45, 7) is 13.6. The summed E-state index contributed by atoms with van der Waals surface area (Å²) < 4.78 is 31.8. The molecule has 14 nitrogen and oxygen atoms in total. The Labute approximate surface area is 337 Å². The van der Waals surface area contributed by atoms with E-state index in [9.17, 15) is 24.3 Å². The summed E-state index contributed by atoms with van der Waals surface area (Å²) in [6, 6.07) is 2.60. The van der Waals surface area contributed by atoms with Gasteiger partial charge in [-0.25, -0.2) is 9.78 Å². The Hall–Kier alpha value is -3.02. The molecule has 3 fully saturated rings. The maximum Gasteiger partial charge on any atom is 0.408 e. The van der Waals surface area contributed by atoms with Crippen molar-refractivity contribution in [2.24, 2.45) is 23.7 Å². The number of ketones is 2. The minimum atomic E-state index is -1.69. The number of cyclic esters (lactones) is 1. The number of thiocarbonyl (C=S) groups is 1. The van der Waals surface area contributed by atoms with E-state index in [1.807, 2.05) is 38.9 Å². The monoisotopic (exact) mass is 852 g/mol. The van der Waals surface area contributed by atoms with Gasteiger partial charge in [-0.2, -0.15) is 0 Å². The number of pyridine rings is 1. The zero-order chi connectivity index (χ0) is 41.0. The standard InChI is InChI=1S/C39H57BrN4O10S/c1-11-27-39(8)32(43-37(55)54-39)22(4)29(45)20(2)18-38(7,53-36(49)41-16-12-13-25-14-15-28(40)42-19-25)33(23(5)30(46)24(6)34(48)51-27)52-35-31(47)26(44(9)10)17-21(3)50-35/h12-15,19-24,26-27,31-33,35,47H,11,16-18H2,1-10H3,(H,41,49)(H,43,55)/b13-12+/t20-,21-,22+,23+,24-,26+,27-,31-,32?,33-,35+,38-,39-/m1/s1. The van der Waals surface area contributed by atoms with Gasteiger partial charge in [0.1, 0.15) is 40.2 Å². The second-order valence-electron chi connectivity index (χ2n) is 15.8. The summed E-state index contributed by atoms with van der Waals surface area (Å²) in [5.41, 5.74) is -2.11. The van der Waals surface area contributed by atoms with Crippen molar-refractivity contribution in [2.45, 2.75) is 129 Å². The number of rotatable bonds is 8. The number of amides is 1. The molecule has 0 spiro atoms. The zero-order valence-corrected chi connectivity index (χ0v) is 35.8. The van der Waals surface area contributed by atoms with E-state index in [4.69, 9.17) is 35.9 Å². The molecule has 0 bridgehead atoms. The predicted molar refractivity (Wildman–Crippen MR) is 212 cm³/mol. The minimum absolute atomic E-state index is 0.0661. The largest absolute Gasteiger partial charge is 0.459 e. The Bertz CT molecular complexity index is 1600. The third-order valence-electron chi connectivity index (χ3n) is 11.2. The number of hydrogen-bond donors (Lipinski definition) is 3. The SMILES string of the molecule is CC[C@H]1OC(=O)[C@H](C)C(=O)[C@H](C)[C@@H](O[C@@H]2O[C@H](C)C[C@H](N(C)C)[C@H]2O)[C@](C)(OC(=O)NC/C=C/c2ccc(Br)nc2)C[C@@H](C)C(=O)[C@H](C)C2NC(=S)O[C@@]21C. The smallest absolute Gasteiger partial charge is 0.408 e. The molecule has 55 heavy (non-hydrogen) atoms. The lowest BCUT2D eigenvalue weighted by molar-refractivity contribution is -0.292.